The topological polar surface area (TPSA) is 85.1 Å². The van der Waals surface area contributed by atoms with E-state index in [0.717, 1.165) is 37.0 Å². The number of nitrogens with zero attached hydrogens (tertiary/aromatic N) is 2. The summed E-state index contributed by atoms with van der Waals surface area (Å²) in [6.07, 6.45) is 3.54. The summed E-state index contributed by atoms with van der Waals surface area (Å²) in [5.74, 6) is 1.39. The molecular formula is C26H37N3O4. The molecule has 4 heterocycles. The Morgan fingerprint density at radius 2 is 2.00 bits per heavy atom. The minimum atomic E-state index is -0.576. The lowest BCUT2D eigenvalue weighted by molar-refractivity contribution is -0.189. The van der Waals surface area contributed by atoms with Crippen LogP contribution in [0.4, 0.5) is 0 Å². The van der Waals surface area contributed by atoms with Crippen molar-refractivity contribution in [2.45, 2.75) is 83.3 Å². The highest BCUT2D eigenvalue weighted by molar-refractivity contribution is 5.90. The van der Waals surface area contributed by atoms with E-state index < -0.39 is 6.04 Å². The van der Waals surface area contributed by atoms with Gasteiger partial charge in [-0.1, -0.05) is 12.1 Å². The minimum absolute atomic E-state index is 0.0295. The van der Waals surface area contributed by atoms with Crippen LogP contribution in [0.15, 0.2) is 18.2 Å². The van der Waals surface area contributed by atoms with Crippen molar-refractivity contribution in [2.24, 2.45) is 17.6 Å². The van der Waals surface area contributed by atoms with Gasteiger partial charge in [-0.2, -0.15) is 0 Å². The molecule has 7 heteroatoms. The number of ether oxygens (including phenoxy) is 2. The highest BCUT2D eigenvalue weighted by Gasteiger charge is 2.52. The Balaban J connectivity index is 1.32. The Bertz CT molecular complexity index is 945. The summed E-state index contributed by atoms with van der Waals surface area (Å²) in [5.41, 5.74) is 7.83. The van der Waals surface area contributed by atoms with Gasteiger partial charge in [-0.3, -0.25) is 9.59 Å². The van der Waals surface area contributed by atoms with E-state index in [1.54, 1.807) is 11.8 Å². The van der Waals surface area contributed by atoms with Crippen LogP contribution in [0.5, 0.6) is 5.75 Å². The van der Waals surface area contributed by atoms with Crippen molar-refractivity contribution < 1.29 is 19.1 Å². The average molecular weight is 456 g/mol. The van der Waals surface area contributed by atoms with Gasteiger partial charge in [0.15, 0.2) is 0 Å². The first-order chi connectivity index (χ1) is 15.7. The van der Waals surface area contributed by atoms with Gasteiger partial charge < -0.3 is 25.0 Å². The molecule has 0 unspecified atom stereocenters. The number of carbonyl (C=O) groups excluding carboxylic acids is 2. The van der Waals surface area contributed by atoms with Gasteiger partial charge in [-0.05, 0) is 65.0 Å². The molecule has 1 aromatic carbocycles. The number of nitrogens with two attached hydrogens (primary N) is 1. The molecule has 4 aliphatic rings. The molecule has 0 radical (unpaired) electrons. The maximum atomic E-state index is 13.4. The van der Waals surface area contributed by atoms with Gasteiger partial charge in [0.25, 0.3) is 0 Å². The summed E-state index contributed by atoms with van der Waals surface area (Å²) in [7, 11) is 0. The lowest BCUT2D eigenvalue weighted by Gasteiger charge is -2.53. The monoisotopic (exact) mass is 455 g/mol. The number of piperidine rings is 1. The van der Waals surface area contributed by atoms with Gasteiger partial charge in [-0.25, -0.2) is 0 Å². The maximum Gasteiger partial charge on any atom is 0.245 e. The number of amides is 2. The number of hydrogen-bond donors (Lipinski definition) is 1. The van der Waals surface area contributed by atoms with E-state index in [0.29, 0.717) is 19.6 Å². The summed E-state index contributed by atoms with van der Waals surface area (Å²) in [5, 5.41) is 0. The normalized spacial score (nSPS) is 33.4. The van der Waals surface area contributed by atoms with E-state index in [1.165, 1.54) is 5.56 Å². The predicted molar refractivity (Wildman–Crippen MR) is 125 cm³/mol. The maximum absolute atomic E-state index is 13.4. The quantitative estimate of drug-likeness (QED) is 0.741. The standard InChI is InChI=1S/C26H37N3O4/c1-15-7-8-18-22(12-15)33-26(3,4)19-13-17-14-28(11-9-21(17)32-23(18)19)25(31)20-6-5-10-29(20)24(30)16(2)27/h7-8,12,16-17,19-21,23H,5-6,9-11,13-14,27H2,1-4H3/t16-,17-,19+,20+,21+,23-/m1/s1. The van der Waals surface area contributed by atoms with E-state index in [2.05, 4.69) is 39.0 Å². The molecule has 0 aromatic heterocycles. The zero-order valence-corrected chi connectivity index (χ0v) is 20.3. The van der Waals surface area contributed by atoms with E-state index in [4.69, 9.17) is 15.2 Å². The third kappa shape index (κ3) is 3.93. The summed E-state index contributed by atoms with van der Waals surface area (Å²) in [6.45, 7) is 10.1. The molecule has 5 rings (SSSR count). The fourth-order valence-electron chi connectivity index (χ4n) is 6.37. The lowest BCUT2D eigenvalue weighted by Crippen LogP contribution is -2.58. The molecule has 6 atom stereocenters. The van der Waals surface area contributed by atoms with Gasteiger partial charge in [-0.15, -0.1) is 0 Å². The fraction of sp³-hybridized carbons (Fsp3) is 0.692. The molecule has 180 valence electrons. The third-order valence-corrected chi connectivity index (χ3v) is 8.17. The van der Waals surface area contributed by atoms with E-state index in [-0.39, 0.29) is 47.5 Å². The molecule has 0 bridgehead atoms. The third-order valence-electron chi connectivity index (χ3n) is 8.17. The van der Waals surface area contributed by atoms with Crippen molar-refractivity contribution in [2.75, 3.05) is 19.6 Å². The van der Waals surface area contributed by atoms with Crippen molar-refractivity contribution in [1.29, 1.82) is 0 Å². The number of hydrogen-bond acceptors (Lipinski definition) is 5. The van der Waals surface area contributed by atoms with Crippen LogP contribution in [0.3, 0.4) is 0 Å². The summed E-state index contributed by atoms with van der Waals surface area (Å²) < 4.78 is 13.2. The Labute approximate surface area is 196 Å². The second-order valence-corrected chi connectivity index (χ2v) is 11.0. The van der Waals surface area contributed by atoms with Gasteiger partial charge >= 0.3 is 0 Å². The molecular weight excluding hydrogens is 418 g/mol. The molecule has 1 aromatic rings. The second-order valence-electron chi connectivity index (χ2n) is 11.0. The van der Waals surface area contributed by atoms with Crippen LogP contribution < -0.4 is 10.5 Å². The van der Waals surface area contributed by atoms with Gasteiger partial charge in [0, 0.05) is 37.0 Å². The Kier molecular flexibility index (Phi) is 5.68. The zero-order chi connectivity index (χ0) is 23.5. The highest BCUT2D eigenvalue weighted by atomic mass is 16.5. The van der Waals surface area contributed by atoms with Gasteiger partial charge in [0.05, 0.1) is 18.2 Å². The highest BCUT2D eigenvalue weighted by Crippen LogP contribution is 2.53. The molecule has 3 saturated heterocycles. The molecule has 2 N–H and O–H groups in total. The van der Waals surface area contributed by atoms with Crippen LogP contribution >= 0.6 is 0 Å². The van der Waals surface area contributed by atoms with Crippen LogP contribution in [0, 0.1) is 18.8 Å². The van der Waals surface area contributed by atoms with Crippen LogP contribution in [-0.2, 0) is 14.3 Å². The first-order valence-electron chi connectivity index (χ1n) is 12.5. The van der Waals surface area contributed by atoms with Crippen LogP contribution in [0.25, 0.3) is 0 Å². The Hall–Kier alpha value is -2.12. The molecule has 3 fully saturated rings. The second kappa shape index (κ2) is 8.27. The number of fused-ring (bicyclic) bond motifs is 4. The number of likely N-dealkylation sites (tertiary alicyclic amines) is 2. The molecule has 0 saturated carbocycles. The Morgan fingerprint density at radius 1 is 1.21 bits per heavy atom. The molecule has 33 heavy (non-hydrogen) atoms. The largest absolute Gasteiger partial charge is 0.487 e. The van der Waals surface area contributed by atoms with Crippen LogP contribution in [0.1, 0.15) is 63.7 Å². The minimum Gasteiger partial charge on any atom is -0.487 e. The SMILES string of the molecule is Cc1ccc2c(c1)OC(C)(C)[C@H]1C[C@@H]3CN(C(=O)[C@@H]4CCCN4C(=O)[C@@H](C)N)CC[C@@H]3O[C@H]21. The lowest BCUT2D eigenvalue weighted by atomic mass is 9.70. The zero-order valence-electron chi connectivity index (χ0n) is 20.3. The molecule has 4 aliphatic heterocycles. The first-order valence-corrected chi connectivity index (χ1v) is 12.5. The van der Waals surface area contributed by atoms with Crippen molar-refractivity contribution in [3.8, 4) is 5.75 Å². The summed E-state index contributed by atoms with van der Waals surface area (Å²) >= 11 is 0. The van der Waals surface area contributed by atoms with Crippen molar-refractivity contribution >= 4 is 11.8 Å². The Morgan fingerprint density at radius 3 is 2.76 bits per heavy atom. The number of benzene rings is 1. The van der Waals surface area contributed by atoms with E-state index >= 15 is 0 Å². The van der Waals surface area contributed by atoms with E-state index in [9.17, 15) is 9.59 Å². The van der Waals surface area contributed by atoms with Crippen LogP contribution in [-0.4, -0.2) is 65.0 Å². The fourth-order valence-corrected chi connectivity index (χ4v) is 6.37. The molecule has 7 nitrogen and oxygen atoms in total. The first kappa shape index (κ1) is 22.7. The molecule has 0 aliphatic carbocycles. The van der Waals surface area contributed by atoms with Crippen LogP contribution in [0.2, 0.25) is 0 Å². The smallest absolute Gasteiger partial charge is 0.245 e. The number of aryl methyl sites for hydroxylation is 1. The number of carbonyl (C=O) groups is 2. The summed E-state index contributed by atoms with van der Waals surface area (Å²) in [6, 6.07) is 5.45. The van der Waals surface area contributed by atoms with Crippen molar-refractivity contribution in [3.63, 3.8) is 0 Å². The summed E-state index contributed by atoms with van der Waals surface area (Å²) in [4.78, 5) is 29.6. The van der Waals surface area contributed by atoms with Gasteiger partial charge in [0.2, 0.25) is 11.8 Å². The number of rotatable bonds is 2. The molecule has 2 amide bonds. The average Bonchev–Trinajstić information content (AvgIpc) is 3.26. The van der Waals surface area contributed by atoms with Crippen molar-refractivity contribution in [1.82, 2.24) is 9.80 Å². The van der Waals surface area contributed by atoms with Gasteiger partial charge in [0.1, 0.15) is 17.4 Å². The predicted octanol–water partition coefficient (Wildman–Crippen LogP) is 2.80. The molecule has 0 spiro atoms. The van der Waals surface area contributed by atoms with Crippen molar-refractivity contribution in [3.05, 3.63) is 29.3 Å². The van der Waals surface area contributed by atoms with E-state index in [1.807, 2.05) is 4.90 Å².